The summed E-state index contributed by atoms with van der Waals surface area (Å²) >= 11 is 0. The Morgan fingerprint density at radius 1 is 0.920 bits per heavy atom. The maximum Gasteiger partial charge on any atom is 0.408 e. The van der Waals surface area contributed by atoms with Crippen LogP contribution in [0, 0.1) is 22.7 Å². The van der Waals surface area contributed by atoms with Gasteiger partial charge in [0, 0.05) is 19.4 Å². The standard InChI is InChI=1S/C18H25F3N2O2/c19-18(20,21)13(23-15(25)10-17-6-12(7-17)8-17)1-2-22-14(24)9-16-3-11(4-16)5-16/h11-13H,1-10H2,(H,22,24)(H,23,25). The molecule has 0 spiro atoms. The van der Waals surface area contributed by atoms with Crippen LogP contribution in [0.2, 0.25) is 0 Å². The van der Waals surface area contributed by atoms with Gasteiger partial charge >= 0.3 is 6.18 Å². The molecule has 140 valence electrons. The van der Waals surface area contributed by atoms with E-state index in [9.17, 15) is 22.8 Å². The van der Waals surface area contributed by atoms with Crippen LogP contribution in [0.5, 0.6) is 0 Å². The maximum absolute atomic E-state index is 13.2. The van der Waals surface area contributed by atoms with E-state index in [1.807, 2.05) is 0 Å². The molecule has 1 unspecified atom stereocenters. The minimum atomic E-state index is -4.49. The van der Waals surface area contributed by atoms with Gasteiger partial charge in [0.15, 0.2) is 0 Å². The van der Waals surface area contributed by atoms with Crippen molar-refractivity contribution in [3.63, 3.8) is 0 Å². The third-order valence-electron chi connectivity index (χ3n) is 6.89. The van der Waals surface area contributed by atoms with E-state index in [4.69, 9.17) is 0 Å². The molecular weight excluding hydrogens is 333 g/mol. The molecule has 6 fully saturated rings. The molecule has 6 aliphatic carbocycles. The molecule has 4 nitrogen and oxygen atoms in total. The van der Waals surface area contributed by atoms with Crippen LogP contribution in [0.15, 0.2) is 0 Å². The Morgan fingerprint density at radius 3 is 1.80 bits per heavy atom. The Labute approximate surface area is 145 Å². The Balaban J connectivity index is 1.20. The van der Waals surface area contributed by atoms with Crippen LogP contribution in [-0.2, 0) is 9.59 Å². The van der Waals surface area contributed by atoms with Gasteiger partial charge in [0.2, 0.25) is 11.8 Å². The first-order valence-electron chi connectivity index (χ1n) is 9.30. The molecule has 2 N–H and O–H groups in total. The van der Waals surface area contributed by atoms with Crippen LogP contribution in [0.25, 0.3) is 0 Å². The van der Waals surface area contributed by atoms with Crippen LogP contribution < -0.4 is 10.6 Å². The van der Waals surface area contributed by atoms with Crippen molar-refractivity contribution >= 4 is 11.8 Å². The van der Waals surface area contributed by atoms with Crippen molar-refractivity contribution in [2.75, 3.05) is 6.54 Å². The summed E-state index contributed by atoms with van der Waals surface area (Å²) in [6.07, 6.45) is 2.03. The van der Waals surface area contributed by atoms with Crippen molar-refractivity contribution in [2.45, 2.75) is 70.0 Å². The molecule has 25 heavy (non-hydrogen) atoms. The summed E-state index contributed by atoms with van der Waals surface area (Å²) in [7, 11) is 0. The summed E-state index contributed by atoms with van der Waals surface area (Å²) in [4.78, 5) is 23.9. The lowest BCUT2D eigenvalue weighted by Gasteiger charge is -2.61. The predicted molar refractivity (Wildman–Crippen MR) is 84.4 cm³/mol. The molecule has 1 atom stereocenters. The average Bonchev–Trinajstić information content (AvgIpc) is 2.33. The van der Waals surface area contributed by atoms with Crippen LogP contribution in [0.4, 0.5) is 13.2 Å². The highest BCUT2D eigenvalue weighted by Gasteiger charge is 2.58. The van der Waals surface area contributed by atoms with E-state index in [2.05, 4.69) is 10.6 Å². The predicted octanol–water partition coefficient (Wildman–Crippen LogP) is 2.92. The Morgan fingerprint density at radius 2 is 1.40 bits per heavy atom. The van der Waals surface area contributed by atoms with Gasteiger partial charge in [-0.2, -0.15) is 13.2 Å². The third kappa shape index (κ3) is 3.26. The second kappa shape index (κ2) is 5.61. The zero-order valence-corrected chi connectivity index (χ0v) is 14.3. The number of hydrogen-bond acceptors (Lipinski definition) is 2. The number of halogens is 3. The smallest absolute Gasteiger partial charge is 0.356 e. The van der Waals surface area contributed by atoms with E-state index in [1.165, 1.54) is 0 Å². The Hall–Kier alpha value is -1.27. The summed E-state index contributed by atoms with van der Waals surface area (Å²) in [5.41, 5.74) is 0.136. The fourth-order valence-corrected chi connectivity index (χ4v) is 5.41. The first-order valence-corrected chi connectivity index (χ1v) is 9.30. The number of rotatable bonds is 8. The second-order valence-corrected chi connectivity index (χ2v) is 9.11. The lowest BCUT2D eigenvalue weighted by molar-refractivity contribution is -0.168. The van der Waals surface area contributed by atoms with Crippen molar-refractivity contribution in [2.24, 2.45) is 22.7 Å². The molecule has 4 bridgehead atoms. The molecular formula is C18H25F3N2O2. The highest BCUT2D eigenvalue weighted by atomic mass is 19.4. The molecule has 2 amide bonds. The molecule has 0 aromatic rings. The third-order valence-corrected chi connectivity index (χ3v) is 6.89. The zero-order valence-electron chi connectivity index (χ0n) is 14.3. The van der Waals surface area contributed by atoms with Crippen molar-refractivity contribution in [3.8, 4) is 0 Å². The molecule has 0 aromatic carbocycles. The van der Waals surface area contributed by atoms with E-state index in [0.29, 0.717) is 12.3 Å². The maximum atomic E-state index is 13.2. The quantitative estimate of drug-likeness (QED) is 0.701. The van der Waals surface area contributed by atoms with Gasteiger partial charge in [0.05, 0.1) is 0 Å². The van der Waals surface area contributed by atoms with E-state index < -0.39 is 18.1 Å². The highest BCUT2D eigenvalue weighted by molar-refractivity contribution is 5.78. The number of alkyl halides is 3. The molecule has 0 aromatic heterocycles. The van der Waals surface area contributed by atoms with Crippen molar-refractivity contribution in [1.29, 1.82) is 0 Å². The normalized spacial score (nSPS) is 38.4. The number of hydrogen-bond donors (Lipinski definition) is 2. The first-order chi connectivity index (χ1) is 11.7. The molecule has 7 heteroatoms. The van der Waals surface area contributed by atoms with Crippen LogP contribution in [-0.4, -0.2) is 30.6 Å². The van der Waals surface area contributed by atoms with Gasteiger partial charge in [0.1, 0.15) is 6.04 Å². The van der Waals surface area contributed by atoms with E-state index in [1.54, 1.807) is 0 Å². The SMILES string of the molecule is O=C(CC12CC(C1)C2)NCCC(NC(=O)CC12CC(C1)C2)C(F)(F)F. The van der Waals surface area contributed by atoms with Crippen molar-refractivity contribution < 1.29 is 22.8 Å². The topological polar surface area (TPSA) is 58.2 Å². The second-order valence-electron chi connectivity index (χ2n) is 9.11. The fraction of sp³-hybridized carbons (Fsp3) is 0.889. The highest BCUT2D eigenvalue weighted by Crippen LogP contribution is 2.66. The number of carbonyl (C=O) groups is 2. The summed E-state index contributed by atoms with van der Waals surface area (Å²) in [6, 6.07) is -1.89. The number of carbonyl (C=O) groups excluding carboxylic acids is 2. The fourth-order valence-electron chi connectivity index (χ4n) is 5.41. The van der Waals surface area contributed by atoms with Crippen LogP contribution >= 0.6 is 0 Å². The monoisotopic (exact) mass is 358 g/mol. The minimum Gasteiger partial charge on any atom is -0.356 e. The van der Waals surface area contributed by atoms with Gasteiger partial charge in [-0.25, -0.2) is 0 Å². The summed E-state index contributed by atoms with van der Waals surface area (Å²) in [5, 5.41) is 4.74. The lowest BCUT2D eigenvalue weighted by Crippen LogP contribution is -2.55. The average molecular weight is 358 g/mol. The van der Waals surface area contributed by atoms with Gasteiger partial charge in [-0.15, -0.1) is 0 Å². The van der Waals surface area contributed by atoms with Gasteiger partial charge in [-0.05, 0) is 67.6 Å². The molecule has 0 saturated heterocycles. The van der Waals surface area contributed by atoms with Crippen LogP contribution in [0.1, 0.15) is 57.8 Å². The summed E-state index contributed by atoms with van der Waals surface area (Å²) < 4.78 is 39.5. The molecule has 6 saturated carbocycles. The van der Waals surface area contributed by atoms with Gasteiger partial charge in [-0.1, -0.05) is 0 Å². The van der Waals surface area contributed by atoms with Gasteiger partial charge in [-0.3, -0.25) is 9.59 Å². The largest absolute Gasteiger partial charge is 0.408 e. The molecule has 0 aliphatic heterocycles. The zero-order chi connectivity index (χ0) is 17.9. The van der Waals surface area contributed by atoms with Gasteiger partial charge < -0.3 is 10.6 Å². The first kappa shape index (κ1) is 17.2. The minimum absolute atomic E-state index is 0.0121. The van der Waals surface area contributed by atoms with E-state index >= 15 is 0 Å². The molecule has 6 aliphatic rings. The Kier molecular flexibility index (Phi) is 3.85. The summed E-state index contributed by atoms with van der Waals surface area (Å²) in [6.45, 7) is -0.0595. The number of nitrogens with one attached hydrogen (secondary N) is 2. The Bertz CT molecular complexity index is 555. The van der Waals surface area contributed by atoms with E-state index in [-0.39, 0.29) is 36.1 Å². The molecule has 6 rings (SSSR count). The molecule has 0 heterocycles. The molecule has 0 radical (unpaired) electrons. The number of amides is 2. The summed E-state index contributed by atoms with van der Waals surface area (Å²) in [5.74, 6) is 0.793. The van der Waals surface area contributed by atoms with Crippen molar-refractivity contribution in [3.05, 3.63) is 0 Å². The van der Waals surface area contributed by atoms with Gasteiger partial charge in [0.25, 0.3) is 0 Å². The van der Waals surface area contributed by atoms with Crippen molar-refractivity contribution in [1.82, 2.24) is 10.6 Å². The van der Waals surface area contributed by atoms with Crippen LogP contribution in [0.3, 0.4) is 0 Å². The lowest BCUT2D eigenvalue weighted by atomic mass is 9.43. The van der Waals surface area contributed by atoms with E-state index in [0.717, 1.165) is 44.4 Å².